The number of rotatable bonds is 1. The Bertz CT molecular complexity index is 336. The maximum atomic E-state index is 13.2. The molecular weight excluding hydrogens is 153 g/mol. The maximum absolute atomic E-state index is 13.2. The molecule has 1 aromatic carbocycles. The minimum atomic E-state index is -0.192. The molecule has 1 aromatic rings. The molecule has 0 unspecified atom stereocenters. The first-order valence-corrected chi connectivity index (χ1v) is 3.78. The summed E-state index contributed by atoms with van der Waals surface area (Å²) in [7, 11) is 0. The summed E-state index contributed by atoms with van der Waals surface area (Å²) in [6, 6.07) is 5.51. The van der Waals surface area contributed by atoms with Gasteiger partial charge in [0.1, 0.15) is 5.82 Å². The molecule has 0 fully saturated rings. The van der Waals surface area contributed by atoms with Crippen molar-refractivity contribution in [3.8, 4) is 6.07 Å². The van der Waals surface area contributed by atoms with Crippen LogP contribution < -0.4 is 0 Å². The van der Waals surface area contributed by atoms with Crippen LogP contribution in [0.3, 0.4) is 0 Å². The molecule has 1 rings (SSSR count). The van der Waals surface area contributed by atoms with Crippen LogP contribution in [0.1, 0.15) is 16.7 Å². The molecule has 0 N–H and O–H groups in total. The lowest BCUT2D eigenvalue weighted by Gasteiger charge is -2.04. The van der Waals surface area contributed by atoms with E-state index >= 15 is 0 Å². The third-order valence-electron chi connectivity index (χ3n) is 1.96. The predicted molar refractivity (Wildman–Crippen MR) is 45.2 cm³/mol. The molecule has 0 saturated carbocycles. The van der Waals surface area contributed by atoms with Crippen molar-refractivity contribution in [3.63, 3.8) is 0 Å². The van der Waals surface area contributed by atoms with E-state index in [9.17, 15) is 4.39 Å². The summed E-state index contributed by atoms with van der Waals surface area (Å²) >= 11 is 0. The van der Waals surface area contributed by atoms with Crippen LogP contribution in [-0.4, -0.2) is 0 Å². The molecule has 12 heavy (non-hydrogen) atoms. The van der Waals surface area contributed by atoms with Gasteiger partial charge >= 0.3 is 0 Å². The van der Waals surface area contributed by atoms with E-state index in [-0.39, 0.29) is 12.2 Å². The number of hydrogen-bond donors (Lipinski definition) is 0. The molecule has 0 atom stereocenters. The Morgan fingerprint density at radius 2 is 2.08 bits per heavy atom. The van der Waals surface area contributed by atoms with Crippen LogP contribution in [0.4, 0.5) is 4.39 Å². The Hall–Kier alpha value is -1.36. The highest BCUT2D eigenvalue weighted by atomic mass is 19.1. The normalized spacial score (nSPS) is 9.50. The summed E-state index contributed by atoms with van der Waals surface area (Å²) in [6.07, 6.45) is 0.281. The highest BCUT2D eigenvalue weighted by Crippen LogP contribution is 2.16. The second-order valence-electron chi connectivity index (χ2n) is 2.82. The summed E-state index contributed by atoms with van der Waals surface area (Å²) in [5.74, 6) is -0.192. The SMILES string of the molecule is Cc1ccc(CC#N)c(C)c1F. The lowest BCUT2D eigenvalue weighted by Crippen LogP contribution is -1.94. The molecule has 0 aliphatic carbocycles. The van der Waals surface area contributed by atoms with E-state index < -0.39 is 0 Å². The minimum absolute atomic E-state index is 0.192. The zero-order chi connectivity index (χ0) is 9.14. The summed E-state index contributed by atoms with van der Waals surface area (Å²) < 4.78 is 13.2. The number of nitrogens with zero attached hydrogens (tertiary/aromatic N) is 1. The van der Waals surface area contributed by atoms with Crippen LogP contribution >= 0.6 is 0 Å². The van der Waals surface area contributed by atoms with Gasteiger partial charge in [-0.3, -0.25) is 0 Å². The quantitative estimate of drug-likeness (QED) is 0.624. The fourth-order valence-corrected chi connectivity index (χ4v) is 1.14. The van der Waals surface area contributed by atoms with E-state index in [4.69, 9.17) is 5.26 Å². The second-order valence-corrected chi connectivity index (χ2v) is 2.82. The summed E-state index contributed by atoms with van der Waals surface area (Å²) in [5.41, 5.74) is 2.01. The smallest absolute Gasteiger partial charge is 0.129 e. The monoisotopic (exact) mass is 163 g/mol. The Balaban J connectivity index is 3.19. The molecule has 0 saturated heterocycles. The van der Waals surface area contributed by atoms with Gasteiger partial charge in [0.15, 0.2) is 0 Å². The van der Waals surface area contributed by atoms with E-state index in [2.05, 4.69) is 0 Å². The largest absolute Gasteiger partial charge is 0.206 e. The Morgan fingerprint density at radius 1 is 1.42 bits per heavy atom. The van der Waals surface area contributed by atoms with Crippen LogP contribution in [0.25, 0.3) is 0 Å². The molecule has 0 radical (unpaired) electrons. The first kappa shape index (κ1) is 8.73. The lowest BCUT2D eigenvalue weighted by atomic mass is 10.0. The van der Waals surface area contributed by atoms with E-state index in [1.807, 2.05) is 6.07 Å². The van der Waals surface area contributed by atoms with Crippen LogP contribution in [0, 0.1) is 31.0 Å². The van der Waals surface area contributed by atoms with Gasteiger partial charge < -0.3 is 0 Å². The van der Waals surface area contributed by atoms with Gasteiger partial charge in [-0.2, -0.15) is 5.26 Å². The summed E-state index contributed by atoms with van der Waals surface area (Å²) in [5, 5.41) is 8.43. The second kappa shape index (κ2) is 3.36. The first-order chi connectivity index (χ1) is 5.66. The van der Waals surface area contributed by atoms with Crippen LogP contribution in [-0.2, 0) is 6.42 Å². The van der Waals surface area contributed by atoms with Crippen molar-refractivity contribution in [1.82, 2.24) is 0 Å². The Morgan fingerprint density at radius 3 is 2.67 bits per heavy atom. The molecule has 0 bridgehead atoms. The summed E-state index contributed by atoms with van der Waals surface area (Å²) in [6.45, 7) is 3.42. The maximum Gasteiger partial charge on any atom is 0.129 e. The highest BCUT2D eigenvalue weighted by molar-refractivity contribution is 5.33. The Kier molecular flexibility index (Phi) is 2.44. The number of hydrogen-bond acceptors (Lipinski definition) is 1. The van der Waals surface area contributed by atoms with Crippen LogP contribution in [0.2, 0.25) is 0 Å². The molecule has 1 nitrogen and oxygen atoms in total. The van der Waals surface area contributed by atoms with E-state index in [1.165, 1.54) is 0 Å². The fraction of sp³-hybridized carbons (Fsp3) is 0.300. The van der Waals surface area contributed by atoms with E-state index in [0.29, 0.717) is 11.1 Å². The van der Waals surface area contributed by atoms with Crippen molar-refractivity contribution < 1.29 is 4.39 Å². The molecule has 0 aliphatic rings. The standard InChI is InChI=1S/C10H10FN/c1-7-3-4-9(5-6-12)8(2)10(7)11/h3-4H,5H2,1-2H3. The van der Waals surface area contributed by atoms with Gasteiger partial charge in [-0.25, -0.2) is 4.39 Å². The van der Waals surface area contributed by atoms with Gasteiger partial charge in [0.25, 0.3) is 0 Å². The average Bonchev–Trinajstić information content (AvgIpc) is 2.07. The number of aryl methyl sites for hydroxylation is 1. The van der Waals surface area contributed by atoms with Gasteiger partial charge in [-0.05, 0) is 30.5 Å². The Labute approximate surface area is 71.4 Å². The molecule has 0 aliphatic heterocycles. The fourth-order valence-electron chi connectivity index (χ4n) is 1.14. The molecule has 0 heterocycles. The van der Waals surface area contributed by atoms with Gasteiger partial charge in [-0.1, -0.05) is 12.1 Å². The first-order valence-electron chi connectivity index (χ1n) is 3.78. The summed E-state index contributed by atoms with van der Waals surface area (Å²) in [4.78, 5) is 0. The van der Waals surface area contributed by atoms with E-state index in [1.54, 1.807) is 26.0 Å². The molecule has 0 amide bonds. The molecule has 62 valence electrons. The van der Waals surface area contributed by atoms with Gasteiger partial charge in [0.05, 0.1) is 12.5 Å². The highest BCUT2D eigenvalue weighted by Gasteiger charge is 2.05. The van der Waals surface area contributed by atoms with Gasteiger partial charge in [0.2, 0.25) is 0 Å². The van der Waals surface area contributed by atoms with Crippen molar-refractivity contribution in [3.05, 3.63) is 34.6 Å². The third-order valence-corrected chi connectivity index (χ3v) is 1.96. The number of benzene rings is 1. The molecule has 2 heteroatoms. The third kappa shape index (κ3) is 1.45. The van der Waals surface area contributed by atoms with Gasteiger partial charge in [-0.15, -0.1) is 0 Å². The molecular formula is C10H10FN. The van der Waals surface area contributed by atoms with Crippen molar-refractivity contribution in [2.75, 3.05) is 0 Å². The van der Waals surface area contributed by atoms with Crippen molar-refractivity contribution in [1.29, 1.82) is 5.26 Å². The van der Waals surface area contributed by atoms with Crippen molar-refractivity contribution >= 4 is 0 Å². The number of halogens is 1. The van der Waals surface area contributed by atoms with Crippen LogP contribution in [0.15, 0.2) is 12.1 Å². The van der Waals surface area contributed by atoms with Crippen LogP contribution in [0.5, 0.6) is 0 Å². The zero-order valence-electron chi connectivity index (χ0n) is 7.19. The zero-order valence-corrected chi connectivity index (χ0v) is 7.19. The number of nitriles is 1. The average molecular weight is 163 g/mol. The van der Waals surface area contributed by atoms with Gasteiger partial charge in [0, 0.05) is 0 Å². The van der Waals surface area contributed by atoms with Crippen molar-refractivity contribution in [2.45, 2.75) is 20.3 Å². The molecule has 0 aromatic heterocycles. The predicted octanol–water partition coefficient (Wildman–Crippen LogP) is 2.51. The topological polar surface area (TPSA) is 23.8 Å². The minimum Gasteiger partial charge on any atom is -0.206 e. The van der Waals surface area contributed by atoms with E-state index in [0.717, 1.165) is 5.56 Å². The molecule has 0 spiro atoms. The van der Waals surface area contributed by atoms with Crippen molar-refractivity contribution in [2.24, 2.45) is 0 Å². The lowest BCUT2D eigenvalue weighted by molar-refractivity contribution is 0.607.